The van der Waals surface area contributed by atoms with Crippen molar-refractivity contribution < 1.29 is 14.7 Å². The SMILES string of the molecule is CCC(=O)Nc1c(C(=O)O)cnn1-c1ccccc1. The largest absolute Gasteiger partial charge is 0.477 e. The summed E-state index contributed by atoms with van der Waals surface area (Å²) in [7, 11) is 0. The highest BCUT2D eigenvalue weighted by Crippen LogP contribution is 2.20. The smallest absolute Gasteiger partial charge is 0.341 e. The molecule has 0 radical (unpaired) electrons. The molecule has 1 aromatic heterocycles. The first-order valence-electron chi connectivity index (χ1n) is 5.80. The van der Waals surface area contributed by atoms with Crippen LogP contribution in [0.15, 0.2) is 36.5 Å². The van der Waals surface area contributed by atoms with Crippen molar-refractivity contribution >= 4 is 17.7 Å². The second kappa shape index (κ2) is 5.34. The van der Waals surface area contributed by atoms with E-state index in [1.54, 1.807) is 19.1 Å². The zero-order chi connectivity index (χ0) is 13.8. The van der Waals surface area contributed by atoms with E-state index in [1.807, 2.05) is 18.2 Å². The van der Waals surface area contributed by atoms with Crippen molar-refractivity contribution in [3.63, 3.8) is 0 Å². The molecule has 98 valence electrons. The molecule has 19 heavy (non-hydrogen) atoms. The van der Waals surface area contributed by atoms with E-state index in [9.17, 15) is 9.59 Å². The normalized spacial score (nSPS) is 10.2. The van der Waals surface area contributed by atoms with Crippen LogP contribution in [0.3, 0.4) is 0 Å². The fourth-order valence-electron chi connectivity index (χ4n) is 1.61. The first kappa shape index (κ1) is 12.8. The van der Waals surface area contributed by atoms with E-state index in [1.165, 1.54) is 10.9 Å². The number of carbonyl (C=O) groups excluding carboxylic acids is 1. The van der Waals surface area contributed by atoms with Gasteiger partial charge in [-0.3, -0.25) is 4.79 Å². The zero-order valence-corrected chi connectivity index (χ0v) is 10.3. The molecule has 6 heteroatoms. The van der Waals surface area contributed by atoms with Gasteiger partial charge >= 0.3 is 5.97 Å². The van der Waals surface area contributed by atoms with Gasteiger partial charge in [-0.05, 0) is 12.1 Å². The quantitative estimate of drug-likeness (QED) is 0.878. The molecule has 6 nitrogen and oxygen atoms in total. The van der Waals surface area contributed by atoms with Crippen LogP contribution in [0, 0.1) is 0 Å². The molecule has 0 aliphatic carbocycles. The molecule has 1 heterocycles. The van der Waals surface area contributed by atoms with Crippen molar-refractivity contribution in [1.29, 1.82) is 0 Å². The first-order valence-corrected chi connectivity index (χ1v) is 5.80. The van der Waals surface area contributed by atoms with Crippen molar-refractivity contribution in [2.24, 2.45) is 0 Å². The maximum atomic E-state index is 11.5. The van der Waals surface area contributed by atoms with E-state index in [0.717, 1.165) is 0 Å². The number of aromatic carboxylic acids is 1. The molecule has 1 amide bonds. The molecule has 1 aromatic carbocycles. The lowest BCUT2D eigenvalue weighted by atomic mass is 10.3. The summed E-state index contributed by atoms with van der Waals surface area (Å²) in [4.78, 5) is 22.6. The number of nitrogens with one attached hydrogen (secondary N) is 1. The van der Waals surface area contributed by atoms with E-state index in [2.05, 4.69) is 10.4 Å². The van der Waals surface area contributed by atoms with Gasteiger partial charge in [0.1, 0.15) is 5.56 Å². The van der Waals surface area contributed by atoms with Gasteiger partial charge in [0.15, 0.2) is 5.82 Å². The number of carboxylic acid groups (broad SMARTS) is 1. The van der Waals surface area contributed by atoms with Gasteiger partial charge in [0.2, 0.25) is 5.91 Å². The Hall–Kier alpha value is -2.63. The number of anilines is 1. The second-order valence-corrected chi connectivity index (χ2v) is 3.86. The molecule has 0 aliphatic heterocycles. The minimum atomic E-state index is -1.13. The summed E-state index contributed by atoms with van der Waals surface area (Å²) in [5.41, 5.74) is 0.645. The number of para-hydroxylation sites is 1. The molecule has 2 rings (SSSR count). The summed E-state index contributed by atoms with van der Waals surface area (Å²) < 4.78 is 1.40. The number of hydrogen-bond donors (Lipinski definition) is 2. The first-order chi connectivity index (χ1) is 9.13. The van der Waals surface area contributed by atoms with Gasteiger partial charge in [-0.2, -0.15) is 5.10 Å². The van der Waals surface area contributed by atoms with Crippen LogP contribution in [0.1, 0.15) is 23.7 Å². The fourth-order valence-corrected chi connectivity index (χ4v) is 1.61. The van der Waals surface area contributed by atoms with Crippen molar-refractivity contribution in [1.82, 2.24) is 9.78 Å². The predicted octanol–water partition coefficient (Wildman–Crippen LogP) is 1.92. The Kier molecular flexibility index (Phi) is 3.61. The summed E-state index contributed by atoms with van der Waals surface area (Å²) >= 11 is 0. The average molecular weight is 259 g/mol. The Morgan fingerprint density at radius 2 is 2.00 bits per heavy atom. The van der Waals surface area contributed by atoms with Crippen molar-refractivity contribution in [3.05, 3.63) is 42.1 Å². The number of aromatic nitrogens is 2. The molecule has 0 saturated carbocycles. The molecular weight excluding hydrogens is 246 g/mol. The van der Waals surface area contributed by atoms with Crippen molar-refractivity contribution in [2.75, 3.05) is 5.32 Å². The van der Waals surface area contributed by atoms with E-state index < -0.39 is 5.97 Å². The Morgan fingerprint density at radius 3 is 2.58 bits per heavy atom. The summed E-state index contributed by atoms with van der Waals surface area (Å²) in [6.45, 7) is 1.69. The number of benzene rings is 1. The van der Waals surface area contributed by atoms with E-state index in [-0.39, 0.29) is 23.7 Å². The number of carbonyl (C=O) groups is 2. The Balaban J connectivity index is 2.50. The lowest BCUT2D eigenvalue weighted by molar-refractivity contribution is -0.115. The summed E-state index contributed by atoms with van der Waals surface area (Å²) in [6.07, 6.45) is 1.49. The highest BCUT2D eigenvalue weighted by molar-refractivity contribution is 5.99. The molecule has 2 N–H and O–H groups in total. The second-order valence-electron chi connectivity index (χ2n) is 3.86. The molecule has 0 spiro atoms. The van der Waals surface area contributed by atoms with Crippen molar-refractivity contribution in [3.8, 4) is 5.69 Å². The van der Waals surface area contributed by atoms with E-state index in [4.69, 9.17) is 5.11 Å². The van der Waals surface area contributed by atoms with Gasteiger partial charge in [-0.1, -0.05) is 25.1 Å². The number of carboxylic acids is 1. The third kappa shape index (κ3) is 2.62. The highest BCUT2D eigenvalue weighted by Gasteiger charge is 2.19. The summed E-state index contributed by atoms with van der Waals surface area (Å²) in [5, 5.41) is 15.7. The molecule has 0 aliphatic rings. The lowest BCUT2D eigenvalue weighted by Crippen LogP contribution is -2.16. The average Bonchev–Trinajstić information content (AvgIpc) is 2.83. The fraction of sp³-hybridized carbons (Fsp3) is 0.154. The van der Waals surface area contributed by atoms with Crippen LogP contribution >= 0.6 is 0 Å². The van der Waals surface area contributed by atoms with Crippen LogP contribution in [0.5, 0.6) is 0 Å². The van der Waals surface area contributed by atoms with Gasteiger partial charge < -0.3 is 10.4 Å². The van der Waals surface area contributed by atoms with Crippen LogP contribution in [-0.4, -0.2) is 26.8 Å². The summed E-state index contributed by atoms with van der Waals surface area (Å²) in [5.74, 6) is -1.22. The standard InChI is InChI=1S/C13H13N3O3/c1-2-11(17)15-12-10(13(18)19)8-14-16(12)9-6-4-3-5-7-9/h3-8H,2H2,1H3,(H,15,17)(H,18,19). The van der Waals surface area contributed by atoms with Crippen molar-refractivity contribution in [2.45, 2.75) is 13.3 Å². The minimum Gasteiger partial charge on any atom is -0.477 e. The molecule has 0 bridgehead atoms. The molecule has 2 aromatic rings. The minimum absolute atomic E-state index is 0.0364. The van der Waals surface area contributed by atoms with Crippen LogP contribution in [-0.2, 0) is 4.79 Å². The number of amides is 1. The zero-order valence-electron chi connectivity index (χ0n) is 10.3. The molecule has 0 saturated heterocycles. The van der Waals surface area contributed by atoms with Gasteiger partial charge in [-0.15, -0.1) is 0 Å². The number of hydrogen-bond acceptors (Lipinski definition) is 3. The highest BCUT2D eigenvalue weighted by atomic mass is 16.4. The topological polar surface area (TPSA) is 84.2 Å². The molecule has 0 atom stereocenters. The van der Waals surface area contributed by atoms with Gasteiger partial charge in [0.25, 0.3) is 0 Å². The lowest BCUT2D eigenvalue weighted by Gasteiger charge is -2.09. The predicted molar refractivity (Wildman–Crippen MR) is 69.4 cm³/mol. The number of nitrogens with zero attached hydrogens (tertiary/aromatic N) is 2. The molecule has 0 fully saturated rings. The third-order valence-electron chi connectivity index (χ3n) is 2.58. The molecule has 0 unspecified atom stereocenters. The van der Waals surface area contributed by atoms with E-state index >= 15 is 0 Å². The summed E-state index contributed by atoms with van der Waals surface area (Å²) in [6, 6.07) is 9.02. The van der Waals surface area contributed by atoms with Gasteiger partial charge in [0.05, 0.1) is 11.9 Å². The Bertz CT molecular complexity index is 605. The van der Waals surface area contributed by atoms with Crippen LogP contribution < -0.4 is 5.32 Å². The Morgan fingerprint density at radius 1 is 1.32 bits per heavy atom. The van der Waals surface area contributed by atoms with Gasteiger partial charge in [0, 0.05) is 6.42 Å². The molecular formula is C13H13N3O3. The maximum Gasteiger partial charge on any atom is 0.341 e. The van der Waals surface area contributed by atoms with Gasteiger partial charge in [-0.25, -0.2) is 9.48 Å². The van der Waals surface area contributed by atoms with Crippen LogP contribution in [0.25, 0.3) is 5.69 Å². The Labute approximate surface area is 109 Å². The third-order valence-corrected chi connectivity index (χ3v) is 2.58. The van der Waals surface area contributed by atoms with E-state index in [0.29, 0.717) is 5.69 Å². The monoisotopic (exact) mass is 259 g/mol. The maximum absolute atomic E-state index is 11.5. The van der Waals surface area contributed by atoms with Crippen LogP contribution in [0.2, 0.25) is 0 Å². The number of rotatable bonds is 4. The van der Waals surface area contributed by atoms with Crippen LogP contribution in [0.4, 0.5) is 5.82 Å².